The van der Waals surface area contributed by atoms with Crippen LogP contribution in [0.1, 0.15) is 12.5 Å². The van der Waals surface area contributed by atoms with Crippen molar-refractivity contribution >= 4 is 11.6 Å². The largest absolute Gasteiger partial charge is 0.493 e. The van der Waals surface area contributed by atoms with Crippen molar-refractivity contribution in [2.24, 2.45) is 0 Å². The number of nitrogens with one attached hydrogen (secondary N) is 1. The third-order valence-electron chi connectivity index (χ3n) is 3.14. The molecule has 0 saturated heterocycles. The van der Waals surface area contributed by atoms with Gasteiger partial charge in [-0.1, -0.05) is 30.3 Å². The summed E-state index contributed by atoms with van der Waals surface area (Å²) < 4.78 is 10.9. The van der Waals surface area contributed by atoms with Gasteiger partial charge in [0.1, 0.15) is 0 Å². The van der Waals surface area contributed by atoms with Crippen molar-refractivity contribution in [3.05, 3.63) is 54.1 Å². The number of ether oxygens (including phenoxy) is 2. The summed E-state index contributed by atoms with van der Waals surface area (Å²) in [5.74, 6) is 0.954. The Morgan fingerprint density at radius 1 is 1.05 bits per heavy atom. The highest BCUT2D eigenvalue weighted by molar-refractivity contribution is 5.94. The predicted molar refractivity (Wildman–Crippen MR) is 82.9 cm³/mol. The molecule has 0 fully saturated rings. The van der Waals surface area contributed by atoms with Crippen molar-refractivity contribution in [1.29, 1.82) is 0 Å². The minimum atomic E-state index is -0.624. The first-order chi connectivity index (χ1) is 10.1. The third kappa shape index (κ3) is 3.75. The second-order valence-electron chi connectivity index (χ2n) is 4.72. The van der Waals surface area contributed by atoms with Gasteiger partial charge in [-0.15, -0.1) is 0 Å². The summed E-state index contributed by atoms with van der Waals surface area (Å²) in [5, 5.41) is 2.86. The van der Waals surface area contributed by atoms with Crippen LogP contribution in [0.4, 0.5) is 5.69 Å². The molecule has 0 aliphatic rings. The highest BCUT2D eigenvalue weighted by Crippen LogP contribution is 2.27. The van der Waals surface area contributed by atoms with Gasteiger partial charge >= 0.3 is 0 Å². The smallest absolute Gasteiger partial charge is 0.265 e. The van der Waals surface area contributed by atoms with Crippen LogP contribution in [0.5, 0.6) is 11.5 Å². The first-order valence-electron chi connectivity index (χ1n) is 6.78. The van der Waals surface area contributed by atoms with E-state index in [4.69, 9.17) is 9.47 Å². The van der Waals surface area contributed by atoms with Gasteiger partial charge in [0.05, 0.1) is 7.11 Å². The number of benzene rings is 2. The monoisotopic (exact) mass is 285 g/mol. The molecule has 1 unspecified atom stereocenters. The summed E-state index contributed by atoms with van der Waals surface area (Å²) in [5.41, 5.74) is 1.80. The van der Waals surface area contributed by atoms with Gasteiger partial charge in [0, 0.05) is 5.69 Å². The summed E-state index contributed by atoms with van der Waals surface area (Å²) >= 11 is 0. The van der Waals surface area contributed by atoms with Crippen molar-refractivity contribution in [3.63, 3.8) is 0 Å². The Labute approximate surface area is 124 Å². The van der Waals surface area contributed by atoms with E-state index < -0.39 is 6.10 Å². The van der Waals surface area contributed by atoms with Crippen LogP contribution in [0.25, 0.3) is 0 Å². The minimum absolute atomic E-state index is 0.199. The Bertz CT molecular complexity index is 625. The molecule has 0 bridgehead atoms. The Hall–Kier alpha value is -2.49. The zero-order valence-corrected chi connectivity index (χ0v) is 12.4. The molecule has 0 aromatic heterocycles. The maximum Gasteiger partial charge on any atom is 0.265 e. The van der Waals surface area contributed by atoms with Crippen molar-refractivity contribution in [2.45, 2.75) is 20.0 Å². The minimum Gasteiger partial charge on any atom is -0.493 e. The number of carbonyl (C=O) groups is 1. The standard InChI is InChI=1S/C17H19NO3/c1-12-8-4-5-9-14(12)18-17(19)13(2)21-16-11-7-6-10-15(16)20-3/h4-11,13H,1-3H3,(H,18,19). The first kappa shape index (κ1) is 14.9. The Morgan fingerprint density at radius 3 is 2.33 bits per heavy atom. The molecule has 2 aromatic rings. The lowest BCUT2D eigenvalue weighted by Gasteiger charge is -2.17. The molecule has 2 rings (SSSR count). The Morgan fingerprint density at radius 2 is 1.67 bits per heavy atom. The van der Waals surface area contributed by atoms with Crippen LogP contribution in [0.15, 0.2) is 48.5 Å². The van der Waals surface area contributed by atoms with Crippen LogP contribution in [0.2, 0.25) is 0 Å². The fraction of sp³-hybridized carbons (Fsp3) is 0.235. The lowest BCUT2D eigenvalue weighted by Crippen LogP contribution is -2.30. The van der Waals surface area contributed by atoms with Crippen LogP contribution in [-0.2, 0) is 4.79 Å². The summed E-state index contributed by atoms with van der Waals surface area (Å²) in [6, 6.07) is 14.9. The molecule has 0 heterocycles. The molecule has 4 nitrogen and oxygen atoms in total. The number of amides is 1. The zero-order chi connectivity index (χ0) is 15.2. The lowest BCUT2D eigenvalue weighted by atomic mass is 10.2. The van der Waals surface area contributed by atoms with Crippen LogP contribution < -0.4 is 14.8 Å². The van der Waals surface area contributed by atoms with Gasteiger partial charge in [-0.25, -0.2) is 0 Å². The van der Waals surface area contributed by atoms with E-state index in [1.807, 2.05) is 43.3 Å². The topological polar surface area (TPSA) is 47.6 Å². The van der Waals surface area contributed by atoms with Crippen LogP contribution >= 0.6 is 0 Å². The van der Waals surface area contributed by atoms with Crippen molar-refractivity contribution < 1.29 is 14.3 Å². The molecule has 0 radical (unpaired) electrons. The van der Waals surface area contributed by atoms with Gasteiger partial charge in [-0.05, 0) is 37.6 Å². The maximum atomic E-state index is 12.2. The lowest BCUT2D eigenvalue weighted by molar-refractivity contribution is -0.122. The van der Waals surface area contributed by atoms with Crippen molar-refractivity contribution in [2.75, 3.05) is 12.4 Å². The number of para-hydroxylation sites is 3. The van der Waals surface area contributed by atoms with Gasteiger partial charge in [0.15, 0.2) is 17.6 Å². The zero-order valence-electron chi connectivity index (χ0n) is 12.4. The summed E-state index contributed by atoms with van der Waals surface area (Å²) in [4.78, 5) is 12.2. The van der Waals surface area contributed by atoms with Crippen molar-refractivity contribution in [1.82, 2.24) is 0 Å². The molecule has 1 N–H and O–H groups in total. The number of hydrogen-bond acceptors (Lipinski definition) is 3. The molecular formula is C17H19NO3. The highest BCUT2D eigenvalue weighted by atomic mass is 16.5. The van der Waals surface area contributed by atoms with Crippen LogP contribution in [0, 0.1) is 6.92 Å². The van der Waals surface area contributed by atoms with E-state index in [1.165, 1.54) is 0 Å². The molecule has 0 saturated carbocycles. The van der Waals surface area contributed by atoms with E-state index >= 15 is 0 Å². The van der Waals surface area contributed by atoms with Gasteiger partial charge in [0.25, 0.3) is 5.91 Å². The second-order valence-corrected chi connectivity index (χ2v) is 4.72. The van der Waals surface area contributed by atoms with Crippen LogP contribution in [0.3, 0.4) is 0 Å². The molecule has 2 aromatic carbocycles. The first-order valence-corrected chi connectivity index (χ1v) is 6.78. The predicted octanol–water partition coefficient (Wildman–Crippen LogP) is 3.41. The van der Waals surface area contributed by atoms with Gasteiger partial charge in [0.2, 0.25) is 0 Å². The van der Waals surface area contributed by atoms with E-state index in [1.54, 1.807) is 26.2 Å². The Balaban J connectivity index is 2.05. The summed E-state index contributed by atoms with van der Waals surface area (Å²) in [6.07, 6.45) is -0.624. The number of aryl methyl sites for hydroxylation is 1. The van der Waals surface area contributed by atoms with E-state index in [-0.39, 0.29) is 5.91 Å². The molecule has 1 amide bonds. The van der Waals surface area contributed by atoms with Crippen molar-refractivity contribution in [3.8, 4) is 11.5 Å². The summed E-state index contributed by atoms with van der Waals surface area (Å²) in [7, 11) is 1.57. The Kier molecular flexibility index (Phi) is 4.82. The second kappa shape index (κ2) is 6.79. The molecule has 0 aliphatic carbocycles. The quantitative estimate of drug-likeness (QED) is 0.915. The fourth-order valence-corrected chi connectivity index (χ4v) is 1.91. The average Bonchev–Trinajstić information content (AvgIpc) is 2.50. The van der Waals surface area contributed by atoms with Crippen LogP contribution in [-0.4, -0.2) is 19.1 Å². The number of hydrogen-bond donors (Lipinski definition) is 1. The van der Waals surface area contributed by atoms with Gasteiger partial charge in [-0.2, -0.15) is 0 Å². The van der Waals surface area contributed by atoms with Gasteiger partial charge in [-0.3, -0.25) is 4.79 Å². The van der Waals surface area contributed by atoms with Gasteiger partial charge < -0.3 is 14.8 Å². The third-order valence-corrected chi connectivity index (χ3v) is 3.14. The molecule has 1 atom stereocenters. The SMILES string of the molecule is COc1ccccc1OC(C)C(=O)Nc1ccccc1C. The summed E-state index contributed by atoms with van der Waals surface area (Å²) in [6.45, 7) is 3.65. The maximum absolute atomic E-state index is 12.2. The number of anilines is 1. The molecular weight excluding hydrogens is 266 g/mol. The van der Waals surface area contributed by atoms with E-state index in [0.717, 1.165) is 11.3 Å². The molecule has 0 aliphatic heterocycles. The normalized spacial score (nSPS) is 11.6. The molecule has 21 heavy (non-hydrogen) atoms. The average molecular weight is 285 g/mol. The molecule has 110 valence electrons. The fourth-order valence-electron chi connectivity index (χ4n) is 1.91. The molecule has 0 spiro atoms. The highest BCUT2D eigenvalue weighted by Gasteiger charge is 2.17. The number of methoxy groups -OCH3 is 1. The molecule has 4 heteroatoms. The number of carbonyl (C=O) groups excluding carboxylic acids is 1. The van der Waals surface area contributed by atoms with E-state index in [0.29, 0.717) is 11.5 Å². The van der Waals surface area contributed by atoms with E-state index in [2.05, 4.69) is 5.32 Å². The van der Waals surface area contributed by atoms with E-state index in [9.17, 15) is 4.79 Å². The number of rotatable bonds is 5.